The van der Waals surface area contributed by atoms with Crippen LogP contribution in [0.1, 0.15) is 30.9 Å². The fraction of sp³-hybridized carbons (Fsp3) is 0.250. The van der Waals surface area contributed by atoms with E-state index in [0.29, 0.717) is 56.5 Å². The monoisotopic (exact) mass is 530 g/mol. The summed E-state index contributed by atoms with van der Waals surface area (Å²) in [6.07, 6.45) is 1.70. The zero-order valence-corrected chi connectivity index (χ0v) is 22.2. The highest BCUT2D eigenvalue weighted by molar-refractivity contribution is 7.07. The number of hydrogen-bond donors (Lipinski definition) is 1. The topological polar surface area (TPSA) is 133 Å². The molecular formula is C28H26N4O5S. The number of ether oxygens (including phenoxy) is 4. The molecule has 0 aliphatic carbocycles. The van der Waals surface area contributed by atoms with Crippen LogP contribution in [0.25, 0.3) is 17.5 Å². The molecule has 1 aliphatic heterocycles. The predicted molar refractivity (Wildman–Crippen MR) is 145 cm³/mol. The lowest BCUT2D eigenvalue weighted by Gasteiger charge is -2.23. The number of fused-ring (bicyclic) bond motifs is 1. The van der Waals surface area contributed by atoms with E-state index in [2.05, 4.69) is 12.1 Å². The molecule has 3 aromatic rings. The lowest BCUT2D eigenvalue weighted by atomic mass is 9.84. The summed E-state index contributed by atoms with van der Waals surface area (Å²) in [5, 5.41) is 20.3. The molecule has 1 atom stereocenters. The number of benzene rings is 2. The molecule has 2 N–H and O–H groups in total. The van der Waals surface area contributed by atoms with Crippen LogP contribution in [0, 0.1) is 22.7 Å². The van der Waals surface area contributed by atoms with Crippen LogP contribution in [0.4, 0.5) is 0 Å². The fourth-order valence-electron chi connectivity index (χ4n) is 4.33. The van der Waals surface area contributed by atoms with Gasteiger partial charge in [-0.25, -0.2) is 0 Å². The first-order chi connectivity index (χ1) is 18.4. The summed E-state index contributed by atoms with van der Waals surface area (Å²) in [6.45, 7) is 4.57. The van der Waals surface area contributed by atoms with Gasteiger partial charge in [-0.2, -0.15) is 10.5 Å². The van der Waals surface area contributed by atoms with E-state index in [1.807, 2.05) is 13.8 Å². The lowest BCUT2D eigenvalue weighted by molar-refractivity contribution is 0.310. The second kappa shape index (κ2) is 11.2. The molecule has 0 bridgehead atoms. The molecule has 1 unspecified atom stereocenters. The van der Waals surface area contributed by atoms with Crippen molar-refractivity contribution in [2.45, 2.75) is 19.8 Å². The standard InChI is InChI=1S/C28H26N4O5S/c1-5-36-22-11-16(7-9-20(22)34-3)12-24-27(33)32-26(31)18(14-29)25(19(15-30)28(32)38-24)17-8-10-21(35-4)23(13-17)37-6-2/h7-13,25H,5-6,31H2,1-4H3/b24-12-. The SMILES string of the molecule is CCOc1cc(/C=c2\sc3n(c2=O)C(N)=C(C#N)C(c2ccc(OC)c(OCC)c2)C=3C#N)ccc1OC. The molecule has 194 valence electrons. The summed E-state index contributed by atoms with van der Waals surface area (Å²) >= 11 is 1.14. The van der Waals surface area contributed by atoms with E-state index in [4.69, 9.17) is 24.7 Å². The number of allylic oxidation sites excluding steroid dienone is 1. The van der Waals surface area contributed by atoms with Crippen molar-refractivity contribution in [1.29, 1.82) is 10.5 Å². The van der Waals surface area contributed by atoms with Crippen molar-refractivity contribution in [3.63, 3.8) is 0 Å². The van der Waals surface area contributed by atoms with Crippen LogP contribution in [-0.4, -0.2) is 32.0 Å². The zero-order valence-electron chi connectivity index (χ0n) is 21.4. The average molecular weight is 531 g/mol. The van der Waals surface area contributed by atoms with E-state index in [-0.39, 0.29) is 17.0 Å². The second-order valence-corrected chi connectivity index (χ2v) is 9.14. The van der Waals surface area contributed by atoms with Gasteiger partial charge in [0.25, 0.3) is 5.56 Å². The van der Waals surface area contributed by atoms with Gasteiger partial charge in [0, 0.05) is 0 Å². The molecule has 2 aromatic carbocycles. The minimum absolute atomic E-state index is 0.00841. The Labute approximate surface area is 223 Å². The van der Waals surface area contributed by atoms with Crippen molar-refractivity contribution in [3.05, 3.63) is 72.6 Å². The molecule has 0 amide bonds. The van der Waals surface area contributed by atoms with Gasteiger partial charge in [0.15, 0.2) is 23.0 Å². The van der Waals surface area contributed by atoms with Crippen molar-refractivity contribution in [1.82, 2.24) is 4.57 Å². The molecular weight excluding hydrogens is 504 g/mol. The lowest BCUT2D eigenvalue weighted by Crippen LogP contribution is -2.38. The Morgan fingerprint density at radius 2 is 1.55 bits per heavy atom. The largest absolute Gasteiger partial charge is 0.493 e. The van der Waals surface area contributed by atoms with E-state index in [1.165, 1.54) is 11.7 Å². The van der Waals surface area contributed by atoms with Crippen LogP contribution in [-0.2, 0) is 0 Å². The number of nitrogens with two attached hydrogens (primary N) is 1. The maximum Gasteiger partial charge on any atom is 0.274 e. The normalized spacial score (nSPS) is 14.9. The summed E-state index contributed by atoms with van der Waals surface area (Å²) in [7, 11) is 3.09. The Morgan fingerprint density at radius 3 is 2.13 bits per heavy atom. The summed E-state index contributed by atoms with van der Waals surface area (Å²) < 4.78 is 24.0. The Kier molecular flexibility index (Phi) is 7.75. The molecule has 4 rings (SSSR count). The smallest absolute Gasteiger partial charge is 0.274 e. The summed E-state index contributed by atoms with van der Waals surface area (Å²) in [5.74, 6) is 1.35. The first-order valence-corrected chi connectivity index (χ1v) is 12.6. The highest BCUT2D eigenvalue weighted by atomic mass is 32.1. The number of methoxy groups -OCH3 is 2. The number of hydrogen-bond acceptors (Lipinski definition) is 9. The van der Waals surface area contributed by atoms with E-state index in [1.54, 1.807) is 49.6 Å². The third kappa shape index (κ3) is 4.58. The van der Waals surface area contributed by atoms with Gasteiger partial charge >= 0.3 is 0 Å². The van der Waals surface area contributed by atoms with Gasteiger partial charge in [0.2, 0.25) is 0 Å². The third-order valence-electron chi connectivity index (χ3n) is 6.00. The average Bonchev–Trinajstić information content (AvgIpc) is 3.24. The molecule has 9 nitrogen and oxygen atoms in total. The zero-order chi connectivity index (χ0) is 27.4. The highest BCUT2D eigenvalue weighted by Gasteiger charge is 2.32. The number of aromatic nitrogens is 1. The third-order valence-corrected chi connectivity index (χ3v) is 7.10. The number of rotatable bonds is 8. The van der Waals surface area contributed by atoms with Crippen LogP contribution >= 0.6 is 11.3 Å². The fourth-order valence-corrected chi connectivity index (χ4v) is 5.46. The maximum atomic E-state index is 13.5. The predicted octanol–water partition coefficient (Wildman–Crippen LogP) is 2.68. The Balaban J connectivity index is 1.96. The molecule has 0 saturated heterocycles. The van der Waals surface area contributed by atoms with Gasteiger partial charge in [-0.1, -0.05) is 12.1 Å². The molecule has 2 heterocycles. The summed E-state index contributed by atoms with van der Waals surface area (Å²) in [6, 6.07) is 14.9. The van der Waals surface area contributed by atoms with Gasteiger partial charge in [-0.05, 0) is 55.3 Å². The Bertz CT molecular complexity index is 1690. The van der Waals surface area contributed by atoms with Gasteiger partial charge in [0.1, 0.15) is 10.5 Å². The van der Waals surface area contributed by atoms with Crippen LogP contribution in [0.15, 0.2) is 46.8 Å². The molecule has 10 heteroatoms. The Hall–Kier alpha value is -4.67. The molecule has 0 radical (unpaired) electrons. The maximum absolute atomic E-state index is 13.5. The van der Waals surface area contributed by atoms with Crippen LogP contribution in [0.2, 0.25) is 0 Å². The number of nitriles is 2. The van der Waals surface area contributed by atoms with Crippen molar-refractivity contribution in [2.24, 2.45) is 5.73 Å². The van der Waals surface area contributed by atoms with Gasteiger partial charge in [0.05, 0.1) is 61.2 Å². The first-order valence-electron chi connectivity index (χ1n) is 11.8. The van der Waals surface area contributed by atoms with Crippen LogP contribution < -0.4 is 39.4 Å². The molecule has 0 spiro atoms. The van der Waals surface area contributed by atoms with Crippen molar-refractivity contribution >= 4 is 28.8 Å². The minimum Gasteiger partial charge on any atom is -0.493 e. The van der Waals surface area contributed by atoms with Crippen molar-refractivity contribution < 1.29 is 18.9 Å². The number of thiazole rings is 1. The quantitative estimate of drug-likeness (QED) is 0.470. The van der Waals surface area contributed by atoms with Crippen molar-refractivity contribution in [3.8, 4) is 35.1 Å². The van der Waals surface area contributed by atoms with E-state index >= 15 is 0 Å². The molecule has 0 saturated carbocycles. The molecule has 1 aliphatic rings. The van der Waals surface area contributed by atoms with E-state index in [9.17, 15) is 15.3 Å². The van der Waals surface area contributed by atoms with Gasteiger partial charge in [-0.3, -0.25) is 9.36 Å². The van der Waals surface area contributed by atoms with Gasteiger partial charge < -0.3 is 24.7 Å². The first kappa shape index (κ1) is 26.4. The Morgan fingerprint density at radius 1 is 0.947 bits per heavy atom. The molecule has 0 fully saturated rings. The van der Waals surface area contributed by atoms with Crippen molar-refractivity contribution in [2.75, 3.05) is 27.4 Å². The van der Waals surface area contributed by atoms with Crippen LogP contribution in [0.5, 0.6) is 23.0 Å². The molecule has 38 heavy (non-hydrogen) atoms. The van der Waals surface area contributed by atoms with E-state index < -0.39 is 11.5 Å². The summed E-state index contributed by atoms with van der Waals surface area (Å²) in [5.41, 5.74) is 7.67. The highest BCUT2D eigenvalue weighted by Crippen LogP contribution is 2.39. The number of nitrogens with zero attached hydrogens (tertiary/aromatic N) is 3. The van der Waals surface area contributed by atoms with E-state index in [0.717, 1.165) is 11.3 Å². The van der Waals surface area contributed by atoms with Crippen LogP contribution in [0.3, 0.4) is 0 Å². The summed E-state index contributed by atoms with van der Waals surface area (Å²) in [4.78, 5) is 13.5. The van der Waals surface area contributed by atoms with Gasteiger partial charge in [-0.15, -0.1) is 11.3 Å². The second-order valence-electron chi connectivity index (χ2n) is 8.11. The molecule has 1 aromatic heterocycles. The minimum atomic E-state index is -0.772.